The van der Waals surface area contributed by atoms with Gasteiger partial charge in [-0.3, -0.25) is 9.79 Å². The molecule has 1 heterocycles. The maximum Gasteiger partial charge on any atom is 0.431 e. The van der Waals surface area contributed by atoms with Gasteiger partial charge in [-0.2, -0.15) is 13.2 Å². The van der Waals surface area contributed by atoms with Crippen LogP contribution in [-0.4, -0.2) is 61.5 Å². The Balaban J connectivity index is 2.50. The predicted octanol–water partition coefficient (Wildman–Crippen LogP) is 2.92. The van der Waals surface area contributed by atoms with Gasteiger partial charge in [0.2, 0.25) is 5.89 Å². The predicted molar refractivity (Wildman–Crippen MR) is 115 cm³/mol. The molecule has 9 nitrogen and oxygen atoms in total. The number of rotatable bonds is 8. The summed E-state index contributed by atoms with van der Waals surface area (Å²) in [6.45, 7) is -0.641. The van der Waals surface area contributed by atoms with Gasteiger partial charge in [-0.1, -0.05) is 6.07 Å². The van der Waals surface area contributed by atoms with Crippen molar-refractivity contribution in [2.24, 2.45) is 10.7 Å². The summed E-state index contributed by atoms with van der Waals surface area (Å²) < 4.78 is 72.2. The van der Waals surface area contributed by atoms with Gasteiger partial charge in [0.15, 0.2) is 9.84 Å². The SMILES string of the molecule is CSCOC(=O)CN=C(/C(Br)=C(\N)C(F)(F)F)c1nnc(-c2cccc(S(C)(=O)=O)c2)o1. The average molecular weight is 557 g/mol. The molecule has 0 radical (unpaired) electrons. The van der Waals surface area contributed by atoms with E-state index in [4.69, 9.17) is 14.9 Å². The zero-order chi connectivity index (χ0) is 24.1. The maximum atomic E-state index is 13.1. The van der Waals surface area contributed by atoms with Crippen LogP contribution in [-0.2, 0) is 19.4 Å². The van der Waals surface area contributed by atoms with Crippen molar-refractivity contribution in [2.45, 2.75) is 11.1 Å². The molecular formula is C17H16BrF3N4O5S2. The summed E-state index contributed by atoms with van der Waals surface area (Å²) in [6, 6.07) is 5.52. The number of aliphatic imine (C=N–C) groups is 1. The number of allylic oxidation sites excluding steroid dienone is 2. The summed E-state index contributed by atoms with van der Waals surface area (Å²) in [5.41, 5.74) is 3.30. The van der Waals surface area contributed by atoms with Gasteiger partial charge >= 0.3 is 12.1 Å². The summed E-state index contributed by atoms with van der Waals surface area (Å²) in [7, 11) is -3.53. The van der Waals surface area contributed by atoms with Crippen LogP contribution in [0.3, 0.4) is 0 Å². The second-order valence-corrected chi connectivity index (χ2v) is 9.65. The monoisotopic (exact) mass is 556 g/mol. The van der Waals surface area contributed by atoms with E-state index in [0.29, 0.717) is 0 Å². The highest BCUT2D eigenvalue weighted by Crippen LogP contribution is 2.30. The number of ether oxygens (including phenoxy) is 1. The van der Waals surface area contributed by atoms with Gasteiger partial charge in [-0.15, -0.1) is 22.0 Å². The second kappa shape index (κ2) is 10.5. The number of thioether (sulfide) groups is 1. The van der Waals surface area contributed by atoms with Crippen LogP contribution in [0.25, 0.3) is 11.5 Å². The van der Waals surface area contributed by atoms with Gasteiger partial charge in [0.25, 0.3) is 5.89 Å². The Morgan fingerprint density at radius 1 is 1.34 bits per heavy atom. The van der Waals surface area contributed by atoms with E-state index < -0.39 is 50.3 Å². The summed E-state index contributed by atoms with van der Waals surface area (Å²) in [4.78, 5) is 15.5. The Bertz CT molecular complexity index is 1160. The lowest BCUT2D eigenvalue weighted by Crippen LogP contribution is -2.23. The number of esters is 1. The topological polar surface area (TPSA) is 138 Å². The molecule has 0 aliphatic carbocycles. The molecule has 0 fully saturated rings. The maximum absolute atomic E-state index is 13.1. The van der Waals surface area contributed by atoms with E-state index in [1.807, 2.05) is 0 Å². The number of hydrogen-bond donors (Lipinski definition) is 1. The molecular weight excluding hydrogens is 541 g/mol. The highest BCUT2D eigenvalue weighted by atomic mass is 79.9. The van der Waals surface area contributed by atoms with Crippen molar-refractivity contribution in [3.63, 3.8) is 0 Å². The fourth-order valence-electron chi connectivity index (χ4n) is 2.09. The number of alkyl halides is 3. The first-order valence-electron chi connectivity index (χ1n) is 8.40. The van der Waals surface area contributed by atoms with Crippen LogP contribution in [0.5, 0.6) is 0 Å². The Morgan fingerprint density at radius 2 is 2.03 bits per heavy atom. The molecule has 0 aliphatic rings. The average Bonchev–Trinajstić information content (AvgIpc) is 3.20. The molecule has 15 heteroatoms. The molecule has 174 valence electrons. The molecule has 0 aliphatic heterocycles. The van der Waals surface area contributed by atoms with Crippen molar-refractivity contribution >= 4 is 49.2 Å². The molecule has 2 aromatic rings. The lowest BCUT2D eigenvalue weighted by Gasteiger charge is -2.10. The summed E-state index contributed by atoms with van der Waals surface area (Å²) >= 11 is 3.95. The van der Waals surface area contributed by atoms with Gasteiger partial charge in [0.1, 0.15) is 23.9 Å². The minimum Gasteiger partial charge on any atom is -0.453 e. The molecule has 0 bridgehead atoms. The Hall–Kier alpha value is -2.39. The van der Waals surface area contributed by atoms with E-state index >= 15 is 0 Å². The molecule has 2 rings (SSSR count). The number of aromatic nitrogens is 2. The first-order valence-corrected chi connectivity index (χ1v) is 12.5. The zero-order valence-electron chi connectivity index (χ0n) is 16.5. The van der Waals surface area contributed by atoms with Crippen molar-refractivity contribution in [3.8, 4) is 11.5 Å². The zero-order valence-corrected chi connectivity index (χ0v) is 19.7. The number of benzene rings is 1. The van der Waals surface area contributed by atoms with Crippen molar-refractivity contribution < 1.29 is 35.5 Å². The van der Waals surface area contributed by atoms with Crippen LogP contribution in [0.1, 0.15) is 5.89 Å². The number of sulfone groups is 1. The summed E-state index contributed by atoms with van der Waals surface area (Å²) in [6.07, 6.45) is -2.22. The van der Waals surface area contributed by atoms with Crippen LogP contribution >= 0.6 is 27.7 Å². The van der Waals surface area contributed by atoms with Gasteiger partial charge in [-0.05, 0) is 40.4 Å². The Labute approximate surface area is 193 Å². The number of hydrogen-bond acceptors (Lipinski definition) is 10. The molecule has 0 spiro atoms. The van der Waals surface area contributed by atoms with Crippen molar-refractivity contribution in [1.29, 1.82) is 0 Å². The fourth-order valence-corrected chi connectivity index (χ4v) is 3.53. The first kappa shape index (κ1) is 25.9. The lowest BCUT2D eigenvalue weighted by molar-refractivity contribution is -0.139. The van der Waals surface area contributed by atoms with Crippen molar-refractivity contribution in [1.82, 2.24) is 10.2 Å². The molecule has 32 heavy (non-hydrogen) atoms. The van der Waals surface area contributed by atoms with Crippen molar-refractivity contribution in [2.75, 3.05) is 25.0 Å². The first-order chi connectivity index (χ1) is 14.8. The van der Waals surface area contributed by atoms with E-state index in [1.165, 1.54) is 36.0 Å². The van der Waals surface area contributed by atoms with Crippen LogP contribution in [0.4, 0.5) is 13.2 Å². The van der Waals surface area contributed by atoms with Gasteiger partial charge in [0.05, 0.1) is 9.38 Å². The molecule has 1 aromatic carbocycles. The quantitative estimate of drug-likeness (QED) is 0.295. The molecule has 0 unspecified atom stereocenters. The largest absolute Gasteiger partial charge is 0.453 e. The third-order valence-corrected chi connectivity index (χ3v) is 5.86. The highest BCUT2D eigenvalue weighted by Gasteiger charge is 2.36. The van der Waals surface area contributed by atoms with Gasteiger partial charge in [0, 0.05) is 11.8 Å². The Morgan fingerprint density at radius 3 is 2.62 bits per heavy atom. The lowest BCUT2D eigenvalue weighted by atomic mass is 10.2. The van der Waals surface area contributed by atoms with Crippen LogP contribution in [0, 0.1) is 0 Å². The van der Waals surface area contributed by atoms with Crippen LogP contribution < -0.4 is 5.73 Å². The number of carbonyl (C=O) groups is 1. The number of halogens is 4. The third kappa shape index (κ3) is 6.80. The van der Waals surface area contributed by atoms with Gasteiger partial charge in [-0.25, -0.2) is 8.42 Å². The molecule has 0 saturated carbocycles. The highest BCUT2D eigenvalue weighted by molar-refractivity contribution is 9.12. The van der Waals surface area contributed by atoms with Crippen molar-refractivity contribution in [3.05, 3.63) is 40.3 Å². The molecule has 0 saturated heterocycles. The van der Waals surface area contributed by atoms with Crippen LogP contribution in [0.15, 0.2) is 48.7 Å². The molecule has 2 N–H and O–H groups in total. The van der Waals surface area contributed by atoms with Crippen LogP contribution in [0.2, 0.25) is 0 Å². The minimum absolute atomic E-state index is 0.0254. The number of nitrogens with two attached hydrogens (primary N) is 1. The van der Waals surface area contributed by atoms with E-state index in [1.54, 1.807) is 6.26 Å². The normalized spacial score (nSPS) is 13.6. The van der Waals surface area contributed by atoms with E-state index in [-0.39, 0.29) is 22.3 Å². The van der Waals surface area contributed by atoms with E-state index in [0.717, 1.165) is 6.26 Å². The third-order valence-electron chi connectivity index (χ3n) is 3.59. The van der Waals surface area contributed by atoms with E-state index in [9.17, 15) is 26.4 Å². The standard InChI is InChI=1S/C17H16BrF3N4O5S2/c1-31-8-29-11(26)7-23-13(12(18)14(22)17(19,20)21)16-25-24-15(30-16)9-4-3-5-10(6-9)32(2,27)28/h3-6H,7-8,22H2,1-2H3/b14-12+,23-13?. The Kier molecular flexibility index (Phi) is 8.47. The van der Waals surface area contributed by atoms with Gasteiger partial charge < -0.3 is 14.9 Å². The number of carbonyl (C=O) groups excluding carboxylic acids is 1. The molecule has 0 amide bonds. The fraction of sp³-hybridized carbons (Fsp3) is 0.294. The second-order valence-electron chi connectivity index (χ2n) is 6.03. The summed E-state index contributed by atoms with van der Waals surface area (Å²) in [5, 5.41) is 7.40. The summed E-state index contributed by atoms with van der Waals surface area (Å²) in [5.74, 6) is -1.44. The van der Waals surface area contributed by atoms with E-state index in [2.05, 4.69) is 31.1 Å². The minimum atomic E-state index is -4.91. The molecule has 1 aromatic heterocycles. The number of nitrogens with zero attached hydrogens (tertiary/aromatic N) is 3. The smallest absolute Gasteiger partial charge is 0.431 e. The molecule has 0 atom stereocenters.